The van der Waals surface area contributed by atoms with Crippen LogP contribution in [-0.4, -0.2) is 29.0 Å². The van der Waals surface area contributed by atoms with Crippen molar-refractivity contribution in [3.63, 3.8) is 0 Å². The molecule has 1 saturated heterocycles. The maximum atomic E-state index is 12.7. The minimum Gasteiger partial charge on any atom is -0.348 e. The monoisotopic (exact) mass is 364 g/mol. The maximum Gasteiger partial charge on any atom is 0.417 e. The highest BCUT2D eigenvalue weighted by Crippen LogP contribution is 2.31. The van der Waals surface area contributed by atoms with E-state index >= 15 is 0 Å². The van der Waals surface area contributed by atoms with Gasteiger partial charge in [0.05, 0.1) is 23.2 Å². The quantitative estimate of drug-likeness (QED) is 0.875. The van der Waals surface area contributed by atoms with Crippen molar-refractivity contribution >= 4 is 5.91 Å². The zero-order chi connectivity index (χ0) is 18.7. The molecule has 1 amide bonds. The topological polar surface area (TPSA) is 66.9 Å². The highest BCUT2D eigenvalue weighted by atomic mass is 19.4. The van der Waals surface area contributed by atoms with Gasteiger partial charge < -0.3 is 10.6 Å². The molecule has 26 heavy (non-hydrogen) atoms. The predicted molar refractivity (Wildman–Crippen MR) is 89.1 cm³/mol. The zero-order valence-corrected chi connectivity index (χ0v) is 14.1. The van der Waals surface area contributed by atoms with E-state index in [1.54, 1.807) is 12.3 Å². The van der Waals surface area contributed by atoms with Crippen molar-refractivity contribution in [1.29, 1.82) is 0 Å². The van der Waals surface area contributed by atoms with Gasteiger partial charge in [0.2, 0.25) is 5.91 Å². The van der Waals surface area contributed by atoms with E-state index in [-0.39, 0.29) is 17.9 Å². The van der Waals surface area contributed by atoms with Crippen LogP contribution in [0.5, 0.6) is 0 Å². The second-order valence-corrected chi connectivity index (χ2v) is 6.33. The molecular formula is C18H19F3N4O. The minimum absolute atomic E-state index is 0.167. The Morgan fingerprint density at radius 2 is 2.04 bits per heavy atom. The highest BCUT2D eigenvalue weighted by molar-refractivity contribution is 5.80. The number of alkyl halides is 3. The Morgan fingerprint density at radius 3 is 2.65 bits per heavy atom. The summed E-state index contributed by atoms with van der Waals surface area (Å²) in [7, 11) is 0. The molecule has 0 bridgehead atoms. The van der Waals surface area contributed by atoms with Crippen LogP contribution < -0.4 is 10.6 Å². The molecule has 5 nitrogen and oxygen atoms in total. The molecule has 0 saturated carbocycles. The Bertz CT molecular complexity index is 749. The van der Waals surface area contributed by atoms with Crippen molar-refractivity contribution in [3.05, 3.63) is 59.7 Å². The number of nitrogens with zero attached hydrogens (tertiary/aromatic N) is 2. The van der Waals surface area contributed by atoms with Crippen molar-refractivity contribution in [1.82, 2.24) is 20.6 Å². The first-order chi connectivity index (χ1) is 12.4. The summed E-state index contributed by atoms with van der Waals surface area (Å²) in [5, 5.41) is 6.05. The van der Waals surface area contributed by atoms with Crippen LogP contribution in [0.25, 0.3) is 0 Å². The van der Waals surface area contributed by atoms with E-state index in [1.807, 2.05) is 19.1 Å². The van der Waals surface area contributed by atoms with Crippen LogP contribution >= 0.6 is 0 Å². The van der Waals surface area contributed by atoms with Crippen molar-refractivity contribution in [2.75, 3.05) is 13.1 Å². The number of aromatic nitrogens is 2. The Hall–Kier alpha value is -2.48. The summed E-state index contributed by atoms with van der Waals surface area (Å²) in [6, 6.07) is 7.56. The van der Waals surface area contributed by atoms with Gasteiger partial charge in [-0.3, -0.25) is 14.8 Å². The average Bonchev–Trinajstić information content (AvgIpc) is 3.11. The summed E-state index contributed by atoms with van der Waals surface area (Å²) in [6.45, 7) is 2.79. The van der Waals surface area contributed by atoms with Crippen LogP contribution in [0.3, 0.4) is 0 Å². The van der Waals surface area contributed by atoms with Gasteiger partial charge in [-0.15, -0.1) is 0 Å². The molecule has 2 aromatic heterocycles. The molecule has 1 aliphatic heterocycles. The molecule has 8 heteroatoms. The van der Waals surface area contributed by atoms with Gasteiger partial charge in [0.1, 0.15) is 0 Å². The van der Waals surface area contributed by atoms with E-state index < -0.39 is 17.7 Å². The van der Waals surface area contributed by atoms with Crippen molar-refractivity contribution in [3.8, 4) is 0 Å². The number of carbonyl (C=O) groups excluding carboxylic acids is 1. The molecular weight excluding hydrogens is 345 g/mol. The molecule has 3 unspecified atom stereocenters. The number of rotatable bonds is 4. The molecule has 3 heterocycles. The fraction of sp³-hybridized carbons (Fsp3) is 0.389. The van der Waals surface area contributed by atoms with E-state index in [0.29, 0.717) is 18.8 Å². The molecule has 138 valence electrons. The van der Waals surface area contributed by atoms with Gasteiger partial charge in [0, 0.05) is 37.1 Å². The third kappa shape index (κ3) is 4.01. The number of halogens is 3. The normalized spacial score (nSPS) is 21.4. The van der Waals surface area contributed by atoms with Gasteiger partial charge in [-0.2, -0.15) is 13.2 Å². The second kappa shape index (κ2) is 7.41. The van der Waals surface area contributed by atoms with Crippen LogP contribution in [-0.2, 0) is 11.0 Å². The SMILES string of the molecule is CC(NC(=O)C1CNCC1c1ccc(C(F)(F)F)cn1)c1ccccn1. The van der Waals surface area contributed by atoms with E-state index in [9.17, 15) is 18.0 Å². The molecule has 2 N–H and O–H groups in total. The first-order valence-corrected chi connectivity index (χ1v) is 8.31. The van der Waals surface area contributed by atoms with Gasteiger partial charge in [0.15, 0.2) is 0 Å². The van der Waals surface area contributed by atoms with Gasteiger partial charge in [-0.1, -0.05) is 6.07 Å². The lowest BCUT2D eigenvalue weighted by atomic mass is 9.91. The molecule has 2 aromatic rings. The van der Waals surface area contributed by atoms with Gasteiger partial charge in [-0.25, -0.2) is 0 Å². The number of hydrogen-bond donors (Lipinski definition) is 2. The third-order valence-electron chi connectivity index (χ3n) is 4.53. The van der Waals surface area contributed by atoms with E-state index in [1.165, 1.54) is 6.07 Å². The highest BCUT2D eigenvalue weighted by Gasteiger charge is 2.36. The molecule has 1 fully saturated rings. The Morgan fingerprint density at radius 1 is 1.23 bits per heavy atom. The van der Waals surface area contributed by atoms with E-state index in [0.717, 1.165) is 18.0 Å². The zero-order valence-electron chi connectivity index (χ0n) is 14.1. The van der Waals surface area contributed by atoms with E-state index in [2.05, 4.69) is 20.6 Å². The molecule has 0 aliphatic carbocycles. The minimum atomic E-state index is -4.42. The standard InChI is InChI=1S/C18H19F3N4O/c1-11(15-4-2-3-7-23-15)25-17(26)14-10-22-9-13(14)16-6-5-12(8-24-16)18(19,20)21/h2-8,11,13-14,22H,9-10H2,1H3,(H,25,26). The lowest BCUT2D eigenvalue weighted by Gasteiger charge is -2.21. The molecule has 1 aliphatic rings. The Labute approximate surface area is 149 Å². The largest absolute Gasteiger partial charge is 0.417 e. The molecule has 0 radical (unpaired) electrons. The Balaban J connectivity index is 1.70. The molecule has 0 spiro atoms. The number of pyridine rings is 2. The summed E-state index contributed by atoms with van der Waals surface area (Å²) in [5.41, 5.74) is 0.432. The van der Waals surface area contributed by atoms with Crippen LogP contribution in [0.1, 0.15) is 35.8 Å². The van der Waals surface area contributed by atoms with Crippen molar-refractivity contribution in [2.24, 2.45) is 5.92 Å². The summed E-state index contributed by atoms with van der Waals surface area (Å²) < 4.78 is 38.1. The lowest BCUT2D eigenvalue weighted by Crippen LogP contribution is -2.36. The van der Waals surface area contributed by atoms with Gasteiger partial charge in [0.25, 0.3) is 0 Å². The predicted octanol–water partition coefficient (Wildman–Crippen LogP) is 2.68. The third-order valence-corrected chi connectivity index (χ3v) is 4.53. The first kappa shape index (κ1) is 18.3. The smallest absolute Gasteiger partial charge is 0.348 e. The average molecular weight is 364 g/mol. The Kier molecular flexibility index (Phi) is 5.22. The number of carbonyl (C=O) groups is 1. The fourth-order valence-corrected chi connectivity index (χ4v) is 3.08. The van der Waals surface area contributed by atoms with Crippen LogP contribution in [0, 0.1) is 5.92 Å². The second-order valence-electron chi connectivity index (χ2n) is 6.33. The summed E-state index contributed by atoms with van der Waals surface area (Å²) >= 11 is 0. The van der Waals surface area contributed by atoms with Gasteiger partial charge >= 0.3 is 6.18 Å². The van der Waals surface area contributed by atoms with E-state index in [4.69, 9.17) is 0 Å². The first-order valence-electron chi connectivity index (χ1n) is 8.31. The summed E-state index contributed by atoms with van der Waals surface area (Å²) in [4.78, 5) is 20.8. The number of amides is 1. The van der Waals surface area contributed by atoms with Crippen LogP contribution in [0.2, 0.25) is 0 Å². The van der Waals surface area contributed by atoms with Gasteiger partial charge in [-0.05, 0) is 31.2 Å². The number of hydrogen-bond acceptors (Lipinski definition) is 4. The molecule has 3 atom stereocenters. The van der Waals surface area contributed by atoms with Crippen molar-refractivity contribution in [2.45, 2.75) is 25.1 Å². The van der Waals surface area contributed by atoms with Crippen LogP contribution in [0.15, 0.2) is 42.7 Å². The molecule has 0 aromatic carbocycles. The van der Waals surface area contributed by atoms with Crippen LogP contribution in [0.4, 0.5) is 13.2 Å². The molecule has 3 rings (SSSR count). The summed E-state index contributed by atoms with van der Waals surface area (Å²) in [5.74, 6) is -0.835. The lowest BCUT2D eigenvalue weighted by molar-refractivity contribution is -0.137. The number of nitrogens with one attached hydrogen (secondary N) is 2. The maximum absolute atomic E-state index is 12.7. The summed E-state index contributed by atoms with van der Waals surface area (Å²) in [6.07, 6.45) is -1.95. The fourth-order valence-electron chi connectivity index (χ4n) is 3.08. The van der Waals surface area contributed by atoms with Crippen molar-refractivity contribution < 1.29 is 18.0 Å².